The largest absolute Gasteiger partial charge is 0.321 e. The van der Waals surface area contributed by atoms with Gasteiger partial charge in [0.2, 0.25) is 0 Å². The molecule has 1 aliphatic rings. The van der Waals surface area contributed by atoms with E-state index in [2.05, 4.69) is 12.2 Å². The van der Waals surface area contributed by atoms with Crippen molar-refractivity contribution in [3.05, 3.63) is 35.2 Å². The van der Waals surface area contributed by atoms with Crippen LogP contribution in [0.5, 0.6) is 0 Å². The monoisotopic (exact) mass is 233 g/mol. The summed E-state index contributed by atoms with van der Waals surface area (Å²) in [6, 6.07) is 7.82. The number of amides is 1. The van der Waals surface area contributed by atoms with E-state index >= 15 is 0 Å². The van der Waals surface area contributed by atoms with Crippen LogP contribution in [0.3, 0.4) is 0 Å². The maximum atomic E-state index is 11.7. The van der Waals surface area contributed by atoms with E-state index in [1.165, 1.54) is 12.8 Å². The number of rotatable bonds is 4. The van der Waals surface area contributed by atoms with Gasteiger partial charge in [0.15, 0.2) is 0 Å². The second-order valence-corrected chi connectivity index (χ2v) is 4.73. The molecule has 1 heterocycles. The number of carbonyl (C=O) groups excluding carboxylic acids is 1. The van der Waals surface area contributed by atoms with E-state index in [4.69, 9.17) is 0 Å². The van der Waals surface area contributed by atoms with Gasteiger partial charge in [0.25, 0.3) is 5.91 Å². The predicted molar refractivity (Wildman–Crippen MR) is 70.4 cm³/mol. The fraction of sp³-hybridized carbons (Fsp3) is 0.308. The van der Waals surface area contributed by atoms with E-state index in [1.54, 1.807) is 11.8 Å². The molecular weight excluding hydrogens is 218 g/mol. The second-order valence-electron chi connectivity index (χ2n) is 3.76. The smallest absolute Gasteiger partial charge is 0.256 e. The average molecular weight is 233 g/mol. The number of anilines is 1. The van der Waals surface area contributed by atoms with Gasteiger partial charge in [0.05, 0.1) is 5.57 Å². The highest BCUT2D eigenvalue weighted by Crippen LogP contribution is 2.32. The summed E-state index contributed by atoms with van der Waals surface area (Å²) in [5, 5.41) is 4.85. The molecule has 3 heteroatoms. The van der Waals surface area contributed by atoms with E-state index in [0.717, 1.165) is 22.6 Å². The molecule has 0 radical (unpaired) electrons. The summed E-state index contributed by atoms with van der Waals surface area (Å²) in [6.45, 7) is 2.17. The van der Waals surface area contributed by atoms with E-state index in [-0.39, 0.29) is 5.91 Å². The molecule has 0 saturated carbocycles. The van der Waals surface area contributed by atoms with Crippen LogP contribution in [0.4, 0.5) is 5.69 Å². The van der Waals surface area contributed by atoms with Crippen molar-refractivity contribution in [2.75, 3.05) is 11.1 Å². The highest BCUT2D eigenvalue weighted by Gasteiger charge is 2.22. The maximum absolute atomic E-state index is 11.7. The topological polar surface area (TPSA) is 29.1 Å². The number of thioether (sulfide) groups is 1. The number of benzene rings is 1. The molecule has 0 aromatic heterocycles. The van der Waals surface area contributed by atoms with Crippen LogP contribution in [0.25, 0.3) is 5.57 Å². The van der Waals surface area contributed by atoms with Crippen molar-refractivity contribution in [2.45, 2.75) is 19.8 Å². The minimum Gasteiger partial charge on any atom is -0.321 e. The van der Waals surface area contributed by atoms with Crippen LogP contribution < -0.4 is 5.32 Å². The van der Waals surface area contributed by atoms with Crippen LogP contribution >= 0.6 is 11.8 Å². The van der Waals surface area contributed by atoms with Gasteiger partial charge in [-0.2, -0.15) is 0 Å². The summed E-state index contributed by atoms with van der Waals surface area (Å²) in [5.74, 6) is 1.10. The van der Waals surface area contributed by atoms with Crippen LogP contribution in [-0.2, 0) is 4.79 Å². The van der Waals surface area contributed by atoms with Crippen LogP contribution in [0.2, 0.25) is 0 Å². The standard InChI is InChI=1S/C13H15NOS/c1-2-3-8-16-9-11-10-6-4-5-7-12(10)14-13(11)15/h4-7,9H,2-3,8H2,1H3,(H,14,15)/b11-9-. The summed E-state index contributed by atoms with van der Waals surface area (Å²) in [7, 11) is 0. The van der Waals surface area contributed by atoms with Crippen LogP contribution in [0, 0.1) is 0 Å². The zero-order valence-corrected chi connectivity index (χ0v) is 10.1. The molecule has 84 valence electrons. The number of fused-ring (bicyclic) bond motifs is 1. The first-order valence-electron chi connectivity index (χ1n) is 5.55. The predicted octanol–water partition coefficient (Wildman–Crippen LogP) is 3.51. The number of para-hydroxylation sites is 1. The normalized spacial score (nSPS) is 16.3. The van der Waals surface area contributed by atoms with Crippen molar-refractivity contribution in [1.29, 1.82) is 0 Å². The molecule has 1 aromatic carbocycles. The third kappa shape index (κ3) is 2.30. The lowest BCUT2D eigenvalue weighted by Crippen LogP contribution is -2.03. The Balaban J connectivity index is 2.12. The van der Waals surface area contributed by atoms with E-state index in [1.807, 2.05) is 29.7 Å². The molecule has 0 saturated heterocycles. The van der Waals surface area contributed by atoms with Crippen molar-refractivity contribution in [2.24, 2.45) is 0 Å². The number of unbranched alkanes of at least 4 members (excludes halogenated alkanes) is 1. The highest BCUT2D eigenvalue weighted by molar-refractivity contribution is 8.02. The number of carbonyl (C=O) groups is 1. The first-order valence-corrected chi connectivity index (χ1v) is 6.60. The SMILES string of the molecule is CCCCS/C=C1\C(=O)Nc2ccccc21. The summed E-state index contributed by atoms with van der Waals surface area (Å²) in [5.41, 5.74) is 2.75. The van der Waals surface area contributed by atoms with E-state index in [0.29, 0.717) is 0 Å². The lowest BCUT2D eigenvalue weighted by Gasteiger charge is -1.97. The Kier molecular flexibility index (Phi) is 3.67. The second kappa shape index (κ2) is 5.21. The molecule has 1 amide bonds. The maximum Gasteiger partial charge on any atom is 0.256 e. The van der Waals surface area contributed by atoms with Crippen molar-refractivity contribution < 1.29 is 4.79 Å². The van der Waals surface area contributed by atoms with E-state index < -0.39 is 0 Å². The molecule has 16 heavy (non-hydrogen) atoms. The summed E-state index contributed by atoms with van der Waals surface area (Å²) in [4.78, 5) is 11.7. The van der Waals surface area contributed by atoms with Gasteiger partial charge in [-0.1, -0.05) is 31.5 Å². The van der Waals surface area contributed by atoms with Gasteiger partial charge in [0, 0.05) is 11.3 Å². The van der Waals surface area contributed by atoms with Gasteiger partial charge in [-0.05, 0) is 23.6 Å². The zero-order chi connectivity index (χ0) is 11.4. The Morgan fingerprint density at radius 2 is 2.19 bits per heavy atom. The molecule has 2 nitrogen and oxygen atoms in total. The van der Waals surface area contributed by atoms with Gasteiger partial charge >= 0.3 is 0 Å². The molecular formula is C13H15NOS. The zero-order valence-electron chi connectivity index (χ0n) is 9.32. The molecule has 0 aliphatic carbocycles. The Bertz CT molecular complexity index is 426. The minimum atomic E-state index is 0.0187. The van der Waals surface area contributed by atoms with Gasteiger partial charge in [0.1, 0.15) is 0 Å². The molecule has 1 aliphatic heterocycles. The fourth-order valence-corrected chi connectivity index (χ4v) is 2.60. The first kappa shape index (κ1) is 11.3. The quantitative estimate of drug-likeness (QED) is 0.637. The molecule has 1 N–H and O–H groups in total. The molecule has 0 unspecified atom stereocenters. The third-order valence-electron chi connectivity index (χ3n) is 2.53. The van der Waals surface area contributed by atoms with Gasteiger partial charge < -0.3 is 5.32 Å². The number of hydrogen-bond acceptors (Lipinski definition) is 2. The van der Waals surface area contributed by atoms with Gasteiger partial charge in [-0.15, -0.1) is 11.8 Å². The van der Waals surface area contributed by atoms with Gasteiger partial charge in [-0.25, -0.2) is 0 Å². The van der Waals surface area contributed by atoms with Crippen molar-refractivity contribution in [3.8, 4) is 0 Å². The summed E-state index contributed by atoms with van der Waals surface area (Å²) >= 11 is 1.72. The van der Waals surface area contributed by atoms with Crippen molar-refractivity contribution in [1.82, 2.24) is 0 Å². The Morgan fingerprint density at radius 1 is 1.38 bits per heavy atom. The lowest BCUT2D eigenvalue weighted by molar-refractivity contribution is -0.110. The Hall–Kier alpha value is -1.22. The van der Waals surface area contributed by atoms with Crippen molar-refractivity contribution >= 4 is 28.9 Å². The van der Waals surface area contributed by atoms with Gasteiger partial charge in [-0.3, -0.25) is 4.79 Å². The minimum absolute atomic E-state index is 0.0187. The highest BCUT2D eigenvalue weighted by atomic mass is 32.2. The third-order valence-corrected chi connectivity index (χ3v) is 3.45. The fourth-order valence-electron chi connectivity index (χ4n) is 1.63. The van der Waals surface area contributed by atoms with Crippen LogP contribution in [-0.4, -0.2) is 11.7 Å². The number of hydrogen-bond donors (Lipinski definition) is 1. The molecule has 0 bridgehead atoms. The number of nitrogens with one attached hydrogen (secondary N) is 1. The molecule has 0 atom stereocenters. The molecule has 0 spiro atoms. The average Bonchev–Trinajstić information content (AvgIpc) is 2.61. The van der Waals surface area contributed by atoms with E-state index in [9.17, 15) is 4.79 Å². The van der Waals surface area contributed by atoms with Crippen molar-refractivity contribution in [3.63, 3.8) is 0 Å². The van der Waals surface area contributed by atoms with Crippen LogP contribution in [0.15, 0.2) is 29.7 Å². The molecule has 0 fully saturated rings. The summed E-state index contributed by atoms with van der Waals surface area (Å²) in [6.07, 6.45) is 2.39. The first-order chi connectivity index (χ1) is 7.83. The van der Waals surface area contributed by atoms with Crippen LogP contribution in [0.1, 0.15) is 25.3 Å². The molecule has 1 aromatic rings. The summed E-state index contributed by atoms with van der Waals surface area (Å²) < 4.78 is 0. The lowest BCUT2D eigenvalue weighted by atomic mass is 10.1. The Labute approximate surface area is 100 Å². The Morgan fingerprint density at radius 3 is 3.00 bits per heavy atom. The molecule has 2 rings (SSSR count).